The van der Waals surface area contributed by atoms with Crippen LogP contribution in [0.3, 0.4) is 0 Å². The van der Waals surface area contributed by atoms with E-state index in [4.69, 9.17) is 11.6 Å². The number of hydrogen-bond donors (Lipinski definition) is 1. The molecule has 0 aliphatic heterocycles. The van der Waals surface area contributed by atoms with E-state index in [0.717, 1.165) is 41.5 Å². The molecule has 2 aromatic carbocycles. The molecule has 1 fully saturated rings. The second-order valence-electron chi connectivity index (χ2n) is 8.53. The van der Waals surface area contributed by atoms with E-state index in [1.807, 2.05) is 43.3 Å². The minimum atomic E-state index is -0.483. The summed E-state index contributed by atoms with van der Waals surface area (Å²) in [6.07, 6.45) is 6.17. The van der Waals surface area contributed by atoms with Crippen LogP contribution >= 0.6 is 39.3 Å². The first kappa shape index (κ1) is 26.1. The molecule has 0 bridgehead atoms. The molecular weight excluding hydrogens is 520 g/mol. The second-order valence-corrected chi connectivity index (χ2v) is 10.9. The maximum Gasteiger partial charge on any atom is 0.243 e. The molecule has 1 N–H and O–H groups in total. The Balaban J connectivity index is 1.68. The third kappa shape index (κ3) is 8.34. The highest BCUT2D eigenvalue weighted by Crippen LogP contribution is 2.21. The summed E-state index contributed by atoms with van der Waals surface area (Å²) in [6.45, 7) is 2.37. The zero-order valence-corrected chi connectivity index (χ0v) is 22.2. The van der Waals surface area contributed by atoms with Crippen LogP contribution in [0.25, 0.3) is 0 Å². The summed E-state index contributed by atoms with van der Waals surface area (Å²) in [5.74, 6) is 1.03. The number of benzene rings is 2. The minimum absolute atomic E-state index is 0.0160. The van der Waals surface area contributed by atoms with Crippen molar-refractivity contribution < 1.29 is 9.59 Å². The summed E-state index contributed by atoms with van der Waals surface area (Å²) in [5, 5.41) is 3.88. The first-order valence-electron chi connectivity index (χ1n) is 11.6. The monoisotopic (exact) mass is 550 g/mol. The molecule has 1 saturated carbocycles. The fourth-order valence-electron chi connectivity index (χ4n) is 4.17. The number of carbonyl (C=O) groups is 2. The van der Waals surface area contributed by atoms with Gasteiger partial charge in [0.2, 0.25) is 11.8 Å². The van der Waals surface area contributed by atoms with Crippen molar-refractivity contribution in [2.45, 2.75) is 69.8 Å². The van der Waals surface area contributed by atoms with Crippen molar-refractivity contribution in [3.63, 3.8) is 0 Å². The largest absolute Gasteiger partial charge is 0.352 e. The quantitative estimate of drug-likeness (QED) is 0.362. The Hall–Kier alpha value is -1.50. The first-order chi connectivity index (χ1) is 16.0. The number of carbonyl (C=O) groups excluding carboxylic acids is 2. The maximum atomic E-state index is 13.3. The molecule has 4 nitrogen and oxygen atoms in total. The Labute approximate surface area is 215 Å². The predicted octanol–water partition coefficient (Wildman–Crippen LogP) is 6.59. The Morgan fingerprint density at radius 2 is 1.70 bits per heavy atom. The van der Waals surface area contributed by atoms with Gasteiger partial charge in [0.15, 0.2) is 0 Å². The van der Waals surface area contributed by atoms with Gasteiger partial charge in [-0.2, -0.15) is 0 Å². The van der Waals surface area contributed by atoms with Gasteiger partial charge in [-0.25, -0.2) is 0 Å². The fraction of sp³-hybridized carbons (Fsp3) is 0.462. The van der Waals surface area contributed by atoms with Crippen LogP contribution < -0.4 is 5.32 Å². The molecule has 0 heterocycles. The fourth-order valence-corrected chi connectivity index (χ4v) is 5.43. The smallest absolute Gasteiger partial charge is 0.243 e. The van der Waals surface area contributed by atoms with E-state index in [2.05, 4.69) is 33.4 Å². The second kappa shape index (κ2) is 13.4. The molecule has 2 amide bonds. The summed E-state index contributed by atoms with van der Waals surface area (Å²) in [7, 11) is 0. The molecule has 1 aliphatic rings. The zero-order chi connectivity index (χ0) is 23.6. The van der Waals surface area contributed by atoms with Crippen LogP contribution in [0.2, 0.25) is 5.02 Å². The van der Waals surface area contributed by atoms with Crippen molar-refractivity contribution >= 4 is 51.1 Å². The Bertz CT molecular complexity index is 902. The Kier molecular flexibility index (Phi) is 10.6. The number of nitrogens with one attached hydrogen (secondary N) is 1. The normalized spacial score (nSPS) is 15.1. The van der Waals surface area contributed by atoms with Crippen LogP contribution in [-0.2, 0) is 21.9 Å². The Morgan fingerprint density at radius 1 is 1.06 bits per heavy atom. The van der Waals surface area contributed by atoms with Gasteiger partial charge in [-0.3, -0.25) is 9.59 Å². The summed E-state index contributed by atoms with van der Waals surface area (Å²) < 4.78 is 1.04. The molecule has 1 atom stereocenters. The van der Waals surface area contributed by atoms with E-state index in [-0.39, 0.29) is 17.9 Å². The molecule has 178 valence electrons. The topological polar surface area (TPSA) is 49.4 Å². The van der Waals surface area contributed by atoms with E-state index in [1.54, 1.807) is 16.7 Å². The average molecular weight is 552 g/mol. The van der Waals surface area contributed by atoms with E-state index in [0.29, 0.717) is 23.7 Å². The van der Waals surface area contributed by atoms with Crippen molar-refractivity contribution in [1.82, 2.24) is 10.2 Å². The predicted molar refractivity (Wildman–Crippen MR) is 141 cm³/mol. The highest BCUT2D eigenvalue weighted by molar-refractivity contribution is 9.10. The summed E-state index contributed by atoms with van der Waals surface area (Å²) >= 11 is 11.1. The molecular formula is C26H32BrClN2O2S. The van der Waals surface area contributed by atoms with Crippen LogP contribution in [0.4, 0.5) is 0 Å². The Morgan fingerprint density at radius 3 is 2.33 bits per heavy atom. The number of rotatable bonds is 10. The van der Waals surface area contributed by atoms with E-state index in [1.165, 1.54) is 12.0 Å². The molecule has 0 aromatic heterocycles. The van der Waals surface area contributed by atoms with Crippen molar-refractivity contribution in [3.8, 4) is 0 Å². The van der Waals surface area contributed by atoms with Crippen LogP contribution in [-0.4, -0.2) is 34.6 Å². The van der Waals surface area contributed by atoms with Crippen molar-refractivity contribution in [2.24, 2.45) is 0 Å². The molecule has 0 spiro atoms. The summed E-state index contributed by atoms with van der Waals surface area (Å²) in [6, 6.07) is 15.4. The van der Waals surface area contributed by atoms with Gasteiger partial charge in [0.25, 0.3) is 0 Å². The molecule has 2 aromatic rings. The van der Waals surface area contributed by atoms with Crippen LogP contribution in [0.5, 0.6) is 0 Å². The molecule has 0 radical (unpaired) electrons. The summed E-state index contributed by atoms with van der Waals surface area (Å²) in [4.78, 5) is 28.3. The molecule has 7 heteroatoms. The van der Waals surface area contributed by atoms with Crippen molar-refractivity contribution in [3.05, 3.63) is 69.2 Å². The van der Waals surface area contributed by atoms with Gasteiger partial charge in [0.05, 0.1) is 5.75 Å². The third-order valence-electron chi connectivity index (χ3n) is 6.01. The first-order valence-corrected chi connectivity index (χ1v) is 13.9. The van der Waals surface area contributed by atoms with Gasteiger partial charge >= 0.3 is 0 Å². The van der Waals surface area contributed by atoms with Gasteiger partial charge in [-0.1, -0.05) is 78.0 Å². The van der Waals surface area contributed by atoms with Crippen LogP contribution in [0, 0.1) is 0 Å². The third-order valence-corrected chi connectivity index (χ3v) is 7.78. The lowest BCUT2D eigenvalue weighted by atomic mass is 9.95. The lowest BCUT2D eigenvalue weighted by Crippen LogP contribution is -2.52. The number of nitrogens with zero attached hydrogens (tertiary/aromatic N) is 1. The lowest BCUT2D eigenvalue weighted by molar-refractivity contribution is -0.139. The highest BCUT2D eigenvalue weighted by atomic mass is 79.9. The van der Waals surface area contributed by atoms with E-state index >= 15 is 0 Å². The summed E-state index contributed by atoms with van der Waals surface area (Å²) in [5.41, 5.74) is 2.14. The van der Waals surface area contributed by atoms with Gasteiger partial charge < -0.3 is 10.2 Å². The standard InChI is InChI=1S/C26H32BrClN2O2S/c1-2-24(26(32)29-23-6-4-3-5-7-23)30(16-19-10-14-22(28)15-11-19)25(31)18-33-17-20-8-12-21(27)13-9-20/h8-15,23-24H,2-7,16-18H2,1H3,(H,29,32)/t24-/m1/s1. The number of halogens is 2. The lowest BCUT2D eigenvalue weighted by Gasteiger charge is -2.32. The number of hydrogen-bond acceptors (Lipinski definition) is 3. The maximum absolute atomic E-state index is 13.3. The average Bonchev–Trinajstić information content (AvgIpc) is 2.82. The minimum Gasteiger partial charge on any atom is -0.352 e. The molecule has 0 unspecified atom stereocenters. The molecule has 33 heavy (non-hydrogen) atoms. The van der Waals surface area contributed by atoms with Gasteiger partial charge in [0.1, 0.15) is 6.04 Å². The number of amides is 2. The van der Waals surface area contributed by atoms with Crippen molar-refractivity contribution in [1.29, 1.82) is 0 Å². The van der Waals surface area contributed by atoms with E-state index < -0.39 is 6.04 Å². The zero-order valence-electron chi connectivity index (χ0n) is 19.1. The van der Waals surface area contributed by atoms with E-state index in [9.17, 15) is 9.59 Å². The number of thioether (sulfide) groups is 1. The van der Waals surface area contributed by atoms with Gasteiger partial charge in [0, 0.05) is 27.8 Å². The van der Waals surface area contributed by atoms with Crippen LogP contribution in [0.15, 0.2) is 53.0 Å². The van der Waals surface area contributed by atoms with Gasteiger partial charge in [-0.05, 0) is 54.7 Å². The molecule has 1 aliphatic carbocycles. The van der Waals surface area contributed by atoms with Crippen molar-refractivity contribution in [2.75, 3.05) is 5.75 Å². The van der Waals surface area contributed by atoms with Gasteiger partial charge in [-0.15, -0.1) is 11.8 Å². The van der Waals surface area contributed by atoms with Crippen LogP contribution in [0.1, 0.15) is 56.6 Å². The molecule has 0 saturated heterocycles. The SMILES string of the molecule is CC[C@H](C(=O)NC1CCCCC1)N(Cc1ccc(Cl)cc1)C(=O)CSCc1ccc(Br)cc1. The highest BCUT2D eigenvalue weighted by Gasteiger charge is 2.30. The molecule has 3 rings (SSSR count).